The number of hydrogen-bond acceptors (Lipinski definition) is 6. The molecule has 2 unspecified atom stereocenters. The van der Waals surface area contributed by atoms with Crippen LogP contribution >= 0.6 is 12.4 Å². The molecule has 0 spiro atoms. The molecular formula is C13H23ClN4O2. The molecule has 6 nitrogen and oxygen atoms in total. The Balaban J connectivity index is 0.00000147. The lowest BCUT2D eigenvalue weighted by Crippen LogP contribution is -2.48. The molecule has 0 aromatic carbocycles. The van der Waals surface area contributed by atoms with Gasteiger partial charge in [0.25, 0.3) is 0 Å². The Labute approximate surface area is 125 Å². The normalized spacial score (nSPS) is 27.3. The number of halogens is 1. The first kappa shape index (κ1) is 15.7. The predicted molar refractivity (Wildman–Crippen MR) is 76.8 cm³/mol. The summed E-state index contributed by atoms with van der Waals surface area (Å²) in [5.41, 5.74) is 5.87. The molecule has 0 radical (unpaired) electrons. The molecule has 20 heavy (non-hydrogen) atoms. The highest BCUT2D eigenvalue weighted by atomic mass is 35.5. The molecule has 2 fully saturated rings. The van der Waals surface area contributed by atoms with Gasteiger partial charge in [0.05, 0.1) is 12.6 Å². The molecule has 1 saturated carbocycles. The first-order valence-corrected chi connectivity index (χ1v) is 7.09. The van der Waals surface area contributed by atoms with Gasteiger partial charge in [0.1, 0.15) is 0 Å². The summed E-state index contributed by atoms with van der Waals surface area (Å²) >= 11 is 0. The van der Waals surface area contributed by atoms with Gasteiger partial charge in [0, 0.05) is 32.2 Å². The van der Waals surface area contributed by atoms with Crippen molar-refractivity contribution in [3.63, 3.8) is 0 Å². The standard InChI is InChI=1S/C13H22N4O2.ClH/c1-18-11-4-5-17(10(6-11)7-14)8-12-15-13(19-16-12)9-2-3-9;/h9-11H,2-8,14H2,1H3;1H. The summed E-state index contributed by atoms with van der Waals surface area (Å²) in [7, 11) is 1.77. The molecule has 0 amide bonds. The fraction of sp³-hybridized carbons (Fsp3) is 0.846. The van der Waals surface area contributed by atoms with E-state index in [1.807, 2.05) is 0 Å². The van der Waals surface area contributed by atoms with Crippen molar-refractivity contribution in [2.75, 3.05) is 20.2 Å². The van der Waals surface area contributed by atoms with Crippen LogP contribution in [0.2, 0.25) is 0 Å². The Hall–Kier alpha value is -0.690. The van der Waals surface area contributed by atoms with Crippen molar-refractivity contribution in [3.05, 3.63) is 11.7 Å². The lowest BCUT2D eigenvalue weighted by atomic mass is 9.99. The number of rotatable bonds is 5. The molecule has 2 aliphatic rings. The zero-order valence-electron chi connectivity index (χ0n) is 11.8. The Kier molecular flexibility index (Phi) is 5.37. The van der Waals surface area contributed by atoms with Crippen LogP contribution in [0.4, 0.5) is 0 Å². The number of methoxy groups -OCH3 is 1. The van der Waals surface area contributed by atoms with Gasteiger partial charge in [-0.25, -0.2) is 0 Å². The summed E-state index contributed by atoms with van der Waals surface area (Å²) in [6.07, 6.45) is 4.73. The van der Waals surface area contributed by atoms with E-state index >= 15 is 0 Å². The minimum atomic E-state index is 0. The van der Waals surface area contributed by atoms with Crippen LogP contribution in [0.25, 0.3) is 0 Å². The maximum absolute atomic E-state index is 5.87. The number of piperidine rings is 1. The third-order valence-electron chi connectivity index (χ3n) is 4.15. The van der Waals surface area contributed by atoms with Crippen molar-refractivity contribution >= 4 is 12.4 Å². The summed E-state index contributed by atoms with van der Waals surface area (Å²) in [5.74, 6) is 2.12. The number of nitrogens with two attached hydrogens (primary N) is 1. The van der Waals surface area contributed by atoms with E-state index in [4.69, 9.17) is 15.0 Å². The molecule has 0 bridgehead atoms. The van der Waals surface area contributed by atoms with Gasteiger partial charge in [-0.15, -0.1) is 12.4 Å². The highest BCUT2D eigenvalue weighted by Crippen LogP contribution is 2.38. The van der Waals surface area contributed by atoms with Crippen molar-refractivity contribution in [2.45, 2.75) is 50.3 Å². The van der Waals surface area contributed by atoms with Crippen molar-refractivity contribution in [2.24, 2.45) is 5.73 Å². The van der Waals surface area contributed by atoms with Crippen LogP contribution in [0, 0.1) is 0 Å². The minimum Gasteiger partial charge on any atom is -0.381 e. The average molecular weight is 303 g/mol. The molecule has 2 N–H and O–H groups in total. The van der Waals surface area contributed by atoms with Crippen LogP contribution in [0.5, 0.6) is 0 Å². The number of nitrogens with zero attached hydrogens (tertiary/aromatic N) is 3. The highest BCUT2D eigenvalue weighted by Gasteiger charge is 2.31. The average Bonchev–Trinajstić information content (AvgIpc) is 3.20. The minimum absolute atomic E-state index is 0. The maximum Gasteiger partial charge on any atom is 0.229 e. The zero-order valence-corrected chi connectivity index (χ0v) is 12.6. The van der Waals surface area contributed by atoms with E-state index in [2.05, 4.69) is 15.0 Å². The van der Waals surface area contributed by atoms with Crippen LogP contribution < -0.4 is 5.73 Å². The third kappa shape index (κ3) is 3.49. The molecule has 1 aliphatic heterocycles. The molecular weight excluding hydrogens is 280 g/mol. The third-order valence-corrected chi connectivity index (χ3v) is 4.15. The molecule has 3 rings (SSSR count). The van der Waals surface area contributed by atoms with Gasteiger partial charge in [-0.2, -0.15) is 4.98 Å². The van der Waals surface area contributed by atoms with Gasteiger partial charge in [0.2, 0.25) is 5.89 Å². The summed E-state index contributed by atoms with van der Waals surface area (Å²) < 4.78 is 10.7. The van der Waals surface area contributed by atoms with E-state index in [-0.39, 0.29) is 12.4 Å². The van der Waals surface area contributed by atoms with E-state index in [1.54, 1.807) is 7.11 Å². The van der Waals surface area contributed by atoms with E-state index in [9.17, 15) is 0 Å². The second kappa shape index (κ2) is 6.85. The zero-order chi connectivity index (χ0) is 13.2. The number of likely N-dealkylation sites (tertiary alicyclic amines) is 1. The van der Waals surface area contributed by atoms with Crippen molar-refractivity contribution in [3.8, 4) is 0 Å². The summed E-state index contributed by atoms with van der Waals surface area (Å²) in [5, 5.41) is 4.08. The van der Waals surface area contributed by atoms with Crippen LogP contribution in [-0.4, -0.2) is 47.4 Å². The van der Waals surface area contributed by atoms with E-state index in [0.717, 1.165) is 37.6 Å². The first-order valence-electron chi connectivity index (χ1n) is 7.09. The number of aromatic nitrogens is 2. The number of hydrogen-bond donors (Lipinski definition) is 1. The van der Waals surface area contributed by atoms with E-state index < -0.39 is 0 Å². The predicted octanol–water partition coefficient (Wildman–Crippen LogP) is 1.31. The second-order valence-corrected chi connectivity index (χ2v) is 5.57. The van der Waals surface area contributed by atoms with Gasteiger partial charge in [-0.1, -0.05) is 5.16 Å². The van der Waals surface area contributed by atoms with Crippen molar-refractivity contribution in [1.82, 2.24) is 15.0 Å². The maximum atomic E-state index is 5.87. The number of ether oxygens (including phenoxy) is 1. The van der Waals surface area contributed by atoms with Gasteiger partial charge < -0.3 is 15.0 Å². The Morgan fingerprint density at radius 2 is 2.20 bits per heavy atom. The molecule has 1 aromatic rings. The largest absolute Gasteiger partial charge is 0.381 e. The molecule has 114 valence electrons. The summed E-state index contributed by atoms with van der Waals surface area (Å²) in [6, 6.07) is 0.349. The quantitative estimate of drug-likeness (QED) is 0.883. The highest BCUT2D eigenvalue weighted by molar-refractivity contribution is 5.85. The van der Waals surface area contributed by atoms with E-state index in [1.165, 1.54) is 12.8 Å². The molecule has 2 heterocycles. The molecule has 1 aliphatic carbocycles. The Morgan fingerprint density at radius 1 is 1.40 bits per heavy atom. The second-order valence-electron chi connectivity index (χ2n) is 5.57. The molecule has 2 atom stereocenters. The van der Waals surface area contributed by atoms with Gasteiger partial charge in [-0.05, 0) is 25.7 Å². The van der Waals surface area contributed by atoms with Crippen LogP contribution in [-0.2, 0) is 11.3 Å². The Morgan fingerprint density at radius 3 is 2.85 bits per heavy atom. The molecule has 7 heteroatoms. The lowest BCUT2D eigenvalue weighted by molar-refractivity contribution is 0.00910. The van der Waals surface area contributed by atoms with Crippen LogP contribution in [0.1, 0.15) is 43.3 Å². The van der Waals surface area contributed by atoms with E-state index in [0.29, 0.717) is 24.6 Å². The SMILES string of the molecule is COC1CCN(Cc2noc(C3CC3)n2)C(CN)C1.Cl. The topological polar surface area (TPSA) is 77.4 Å². The van der Waals surface area contributed by atoms with Crippen LogP contribution in [0.3, 0.4) is 0 Å². The smallest absolute Gasteiger partial charge is 0.229 e. The van der Waals surface area contributed by atoms with Gasteiger partial charge in [0.15, 0.2) is 5.82 Å². The molecule has 1 aromatic heterocycles. The molecule has 1 saturated heterocycles. The van der Waals surface area contributed by atoms with Gasteiger partial charge in [-0.3, -0.25) is 4.90 Å². The van der Waals surface area contributed by atoms with Gasteiger partial charge >= 0.3 is 0 Å². The van der Waals surface area contributed by atoms with Crippen LogP contribution in [0.15, 0.2) is 4.52 Å². The summed E-state index contributed by atoms with van der Waals surface area (Å²) in [4.78, 5) is 6.83. The van der Waals surface area contributed by atoms with Crippen molar-refractivity contribution in [1.29, 1.82) is 0 Å². The monoisotopic (exact) mass is 302 g/mol. The van der Waals surface area contributed by atoms with Crippen molar-refractivity contribution < 1.29 is 9.26 Å². The first-order chi connectivity index (χ1) is 9.30. The summed E-state index contributed by atoms with van der Waals surface area (Å²) in [6.45, 7) is 2.36. The lowest BCUT2D eigenvalue weighted by Gasteiger charge is -2.37. The fourth-order valence-corrected chi connectivity index (χ4v) is 2.74. The Bertz CT molecular complexity index is 424. The fourth-order valence-electron chi connectivity index (χ4n) is 2.74.